The molecule has 0 saturated carbocycles. The number of nitrogens with one attached hydrogen (secondary N) is 1. The van der Waals surface area contributed by atoms with Gasteiger partial charge in [-0.25, -0.2) is 0 Å². The van der Waals surface area contributed by atoms with Gasteiger partial charge in [0.1, 0.15) is 5.75 Å². The summed E-state index contributed by atoms with van der Waals surface area (Å²) in [7, 11) is 0. The number of β-amino-alcohol motifs (C(OH)–C–C–N with tert-alkyl or cyclic N) is 1. The van der Waals surface area contributed by atoms with E-state index in [0.717, 1.165) is 19.5 Å². The van der Waals surface area contributed by atoms with Gasteiger partial charge in [-0.15, -0.1) is 0 Å². The molecule has 126 valence electrons. The summed E-state index contributed by atoms with van der Waals surface area (Å²) >= 11 is 0. The van der Waals surface area contributed by atoms with Gasteiger partial charge in [-0.3, -0.25) is 9.69 Å². The number of aliphatic hydroxyl groups is 1. The first kappa shape index (κ1) is 16.5. The van der Waals surface area contributed by atoms with Gasteiger partial charge in [0.2, 0.25) is 0 Å². The number of aromatic hydroxyl groups is 1. The molecular formula is C19H22N2O3. The van der Waals surface area contributed by atoms with Crippen molar-refractivity contribution in [2.24, 2.45) is 0 Å². The molecule has 3 N–H and O–H groups in total. The number of aliphatic hydroxyl groups excluding tert-OH is 1. The maximum absolute atomic E-state index is 12.0. The van der Waals surface area contributed by atoms with Crippen LogP contribution in [-0.4, -0.2) is 46.8 Å². The quantitative estimate of drug-likeness (QED) is 0.779. The van der Waals surface area contributed by atoms with Gasteiger partial charge in [0, 0.05) is 26.2 Å². The second kappa shape index (κ2) is 7.47. The number of carbonyl (C=O) groups is 1. The Kier molecular flexibility index (Phi) is 5.13. The topological polar surface area (TPSA) is 72.8 Å². The Morgan fingerprint density at radius 1 is 1.12 bits per heavy atom. The van der Waals surface area contributed by atoms with E-state index < -0.39 is 6.10 Å². The SMILES string of the molecule is O=C(NCC(O)CN1CCc2ccccc2C1)c1ccccc1O. The summed E-state index contributed by atoms with van der Waals surface area (Å²) in [5, 5.41) is 22.5. The number of fused-ring (bicyclic) bond motifs is 1. The van der Waals surface area contributed by atoms with Gasteiger partial charge < -0.3 is 15.5 Å². The van der Waals surface area contributed by atoms with Crippen molar-refractivity contribution < 1.29 is 15.0 Å². The summed E-state index contributed by atoms with van der Waals surface area (Å²) in [6.45, 7) is 2.39. The van der Waals surface area contributed by atoms with Crippen molar-refractivity contribution in [3.05, 3.63) is 65.2 Å². The lowest BCUT2D eigenvalue weighted by molar-refractivity contribution is 0.0839. The first-order valence-corrected chi connectivity index (χ1v) is 8.17. The number of phenols is 1. The number of hydrogen-bond acceptors (Lipinski definition) is 4. The molecule has 0 fully saturated rings. The van der Waals surface area contributed by atoms with E-state index in [-0.39, 0.29) is 23.8 Å². The first-order valence-electron chi connectivity index (χ1n) is 8.17. The van der Waals surface area contributed by atoms with Crippen molar-refractivity contribution >= 4 is 5.91 Å². The van der Waals surface area contributed by atoms with Crippen molar-refractivity contribution in [2.75, 3.05) is 19.6 Å². The molecule has 1 amide bonds. The first-order chi connectivity index (χ1) is 11.6. The highest BCUT2D eigenvalue weighted by Crippen LogP contribution is 2.18. The van der Waals surface area contributed by atoms with Crippen LogP contribution < -0.4 is 5.32 Å². The third-order valence-electron chi connectivity index (χ3n) is 4.33. The highest BCUT2D eigenvalue weighted by molar-refractivity contribution is 5.96. The Morgan fingerprint density at radius 2 is 1.83 bits per heavy atom. The van der Waals surface area contributed by atoms with Gasteiger partial charge in [-0.2, -0.15) is 0 Å². The summed E-state index contributed by atoms with van der Waals surface area (Å²) in [4.78, 5) is 14.2. The number of hydrogen-bond donors (Lipinski definition) is 3. The van der Waals surface area contributed by atoms with E-state index in [1.165, 1.54) is 17.2 Å². The highest BCUT2D eigenvalue weighted by atomic mass is 16.3. The molecule has 1 aliphatic heterocycles. The van der Waals surface area contributed by atoms with Crippen LogP contribution in [0, 0.1) is 0 Å². The molecule has 0 radical (unpaired) electrons. The maximum atomic E-state index is 12.0. The van der Waals surface area contributed by atoms with Crippen molar-refractivity contribution in [3.8, 4) is 5.75 Å². The van der Waals surface area contributed by atoms with Crippen molar-refractivity contribution in [2.45, 2.75) is 19.1 Å². The molecule has 2 aromatic carbocycles. The minimum Gasteiger partial charge on any atom is -0.507 e. The van der Waals surface area contributed by atoms with Crippen LogP contribution in [0.5, 0.6) is 5.75 Å². The number of phenolic OH excluding ortho intramolecular Hbond substituents is 1. The molecule has 1 aliphatic rings. The molecule has 0 saturated heterocycles. The molecule has 5 heteroatoms. The van der Waals surface area contributed by atoms with Crippen LogP contribution in [0.3, 0.4) is 0 Å². The summed E-state index contributed by atoms with van der Waals surface area (Å²) < 4.78 is 0. The van der Waals surface area contributed by atoms with E-state index in [1.54, 1.807) is 18.2 Å². The Labute approximate surface area is 141 Å². The Hall–Kier alpha value is -2.37. The van der Waals surface area contributed by atoms with Gasteiger partial charge in [-0.1, -0.05) is 36.4 Å². The summed E-state index contributed by atoms with van der Waals surface area (Å²) in [6, 6.07) is 14.7. The van der Waals surface area contributed by atoms with Crippen molar-refractivity contribution in [1.29, 1.82) is 0 Å². The summed E-state index contributed by atoms with van der Waals surface area (Å²) in [5.74, 6) is -0.437. The van der Waals surface area contributed by atoms with E-state index in [0.29, 0.717) is 6.54 Å². The third-order valence-corrected chi connectivity index (χ3v) is 4.33. The van der Waals surface area contributed by atoms with Gasteiger partial charge in [0.15, 0.2) is 0 Å². The van der Waals surface area contributed by atoms with Crippen LogP contribution in [0.2, 0.25) is 0 Å². The highest BCUT2D eigenvalue weighted by Gasteiger charge is 2.19. The van der Waals surface area contributed by atoms with Gasteiger partial charge >= 0.3 is 0 Å². The van der Waals surface area contributed by atoms with Crippen LogP contribution in [0.1, 0.15) is 21.5 Å². The number of amides is 1. The van der Waals surface area contributed by atoms with Gasteiger partial charge in [0.25, 0.3) is 5.91 Å². The Bertz CT molecular complexity index is 717. The average Bonchev–Trinajstić information content (AvgIpc) is 2.60. The minimum absolute atomic E-state index is 0.0582. The van der Waals surface area contributed by atoms with E-state index in [4.69, 9.17) is 0 Å². The number of rotatable bonds is 5. The lowest BCUT2D eigenvalue weighted by Gasteiger charge is -2.30. The fourth-order valence-corrected chi connectivity index (χ4v) is 3.04. The molecular weight excluding hydrogens is 304 g/mol. The van der Waals surface area contributed by atoms with Crippen molar-refractivity contribution in [1.82, 2.24) is 10.2 Å². The molecule has 1 heterocycles. The normalized spacial score (nSPS) is 15.5. The molecule has 2 aromatic rings. The fraction of sp³-hybridized carbons (Fsp3) is 0.316. The van der Waals surface area contributed by atoms with Crippen LogP contribution >= 0.6 is 0 Å². The molecule has 0 aromatic heterocycles. The second-order valence-electron chi connectivity index (χ2n) is 6.13. The molecule has 0 spiro atoms. The van der Waals surface area contributed by atoms with Crippen molar-refractivity contribution in [3.63, 3.8) is 0 Å². The van der Waals surface area contributed by atoms with Crippen LogP contribution in [0.15, 0.2) is 48.5 Å². The largest absolute Gasteiger partial charge is 0.507 e. The molecule has 1 atom stereocenters. The Morgan fingerprint density at radius 3 is 2.62 bits per heavy atom. The zero-order chi connectivity index (χ0) is 16.9. The molecule has 0 aliphatic carbocycles. The Balaban J connectivity index is 1.49. The molecule has 1 unspecified atom stereocenters. The van der Waals surface area contributed by atoms with E-state index in [9.17, 15) is 15.0 Å². The van der Waals surface area contributed by atoms with E-state index in [2.05, 4.69) is 28.4 Å². The van der Waals surface area contributed by atoms with E-state index in [1.807, 2.05) is 6.07 Å². The zero-order valence-electron chi connectivity index (χ0n) is 13.5. The number of nitrogens with zero attached hydrogens (tertiary/aromatic N) is 1. The lowest BCUT2D eigenvalue weighted by Crippen LogP contribution is -2.42. The molecule has 5 nitrogen and oxygen atoms in total. The maximum Gasteiger partial charge on any atom is 0.255 e. The smallest absolute Gasteiger partial charge is 0.255 e. The third kappa shape index (κ3) is 3.93. The number of para-hydroxylation sites is 1. The van der Waals surface area contributed by atoms with Crippen LogP contribution in [-0.2, 0) is 13.0 Å². The number of benzene rings is 2. The molecule has 0 bridgehead atoms. The minimum atomic E-state index is -0.648. The molecule has 24 heavy (non-hydrogen) atoms. The average molecular weight is 326 g/mol. The van der Waals surface area contributed by atoms with Crippen LogP contribution in [0.4, 0.5) is 0 Å². The van der Waals surface area contributed by atoms with E-state index >= 15 is 0 Å². The standard InChI is InChI=1S/C19H22N2O3/c22-16(11-20-19(24)17-7-3-4-8-18(17)23)13-21-10-9-14-5-1-2-6-15(14)12-21/h1-8,16,22-23H,9-13H2,(H,20,24). The van der Waals surface area contributed by atoms with Gasteiger partial charge in [-0.05, 0) is 29.7 Å². The lowest BCUT2D eigenvalue weighted by atomic mass is 10.00. The predicted molar refractivity (Wildman–Crippen MR) is 91.9 cm³/mol. The molecule has 3 rings (SSSR count). The summed E-state index contributed by atoms with van der Waals surface area (Å²) in [6.07, 6.45) is 0.331. The predicted octanol–water partition coefficient (Wildman–Crippen LogP) is 1.54. The number of carbonyl (C=O) groups excluding carboxylic acids is 1. The van der Waals surface area contributed by atoms with Crippen LogP contribution in [0.25, 0.3) is 0 Å². The second-order valence-corrected chi connectivity index (χ2v) is 6.13. The zero-order valence-corrected chi connectivity index (χ0v) is 13.5. The monoisotopic (exact) mass is 326 g/mol. The summed E-state index contributed by atoms with van der Waals surface area (Å²) in [5.41, 5.74) is 2.89. The van der Waals surface area contributed by atoms with Gasteiger partial charge in [0.05, 0.1) is 11.7 Å². The fourth-order valence-electron chi connectivity index (χ4n) is 3.04.